The van der Waals surface area contributed by atoms with Gasteiger partial charge >= 0.3 is 0 Å². The zero-order chi connectivity index (χ0) is 10.7. The lowest BCUT2D eigenvalue weighted by Crippen LogP contribution is -1.92. The molecule has 0 aliphatic heterocycles. The lowest BCUT2D eigenvalue weighted by molar-refractivity contribution is 0.112. The molecule has 0 aliphatic carbocycles. The van der Waals surface area contributed by atoms with Crippen LogP contribution in [0.3, 0.4) is 0 Å². The van der Waals surface area contributed by atoms with Crippen molar-refractivity contribution in [1.82, 2.24) is 4.57 Å². The Hall–Kier alpha value is -1.54. The van der Waals surface area contributed by atoms with Gasteiger partial charge in [0.25, 0.3) is 0 Å². The lowest BCUT2D eigenvalue weighted by Gasteiger charge is -2.01. The molecule has 0 N–H and O–H groups in total. The third-order valence-electron chi connectivity index (χ3n) is 2.37. The average Bonchev–Trinajstić information content (AvgIpc) is 2.69. The van der Waals surface area contributed by atoms with Gasteiger partial charge in [-0.1, -0.05) is 29.8 Å². The van der Waals surface area contributed by atoms with Gasteiger partial charge in [-0.15, -0.1) is 0 Å². The second kappa shape index (κ2) is 4.32. The summed E-state index contributed by atoms with van der Waals surface area (Å²) < 4.78 is 2.04. The molecule has 2 aromatic rings. The standard InChI is InChI=1S/C12H10ClNO/c13-6-2-7-14-8-5-11-10(9-15)3-1-4-12(11)14/h1-6,8-9H,7H2/b6-2+. The largest absolute Gasteiger partial charge is 0.344 e. The number of allylic oxidation sites excluding steroid dienone is 1. The zero-order valence-electron chi connectivity index (χ0n) is 8.06. The summed E-state index contributed by atoms with van der Waals surface area (Å²) in [4.78, 5) is 10.8. The second-order valence-corrected chi connectivity index (χ2v) is 3.48. The fraction of sp³-hybridized carbons (Fsp3) is 0.0833. The number of carbonyl (C=O) groups is 1. The van der Waals surface area contributed by atoms with Gasteiger partial charge < -0.3 is 4.57 Å². The highest BCUT2D eigenvalue weighted by Gasteiger charge is 2.03. The second-order valence-electron chi connectivity index (χ2n) is 3.23. The summed E-state index contributed by atoms with van der Waals surface area (Å²) in [5, 5.41) is 0.982. The van der Waals surface area contributed by atoms with Crippen LogP contribution in [0.15, 0.2) is 42.1 Å². The molecule has 0 radical (unpaired) electrons. The van der Waals surface area contributed by atoms with E-state index < -0.39 is 0 Å². The molecule has 0 amide bonds. The van der Waals surface area contributed by atoms with Crippen LogP contribution in [0.4, 0.5) is 0 Å². The van der Waals surface area contributed by atoms with Crippen molar-refractivity contribution in [2.75, 3.05) is 0 Å². The van der Waals surface area contributed by atoms with E-state index in [1.807, 2.05) is 41.1 Å². The number of benzene rings is 1. The van der Waals surface area contributed by atoms with E-state index in [4.69, 9.17) is 11.6 Å². The summed E-state index contributed by atoms with van der Waals surface area (Å²) in [6, 6.07) is 7.63. The molecule has 0 saturated heterocycles. The molecular weight excluding hydrogens is 210 g/mol. The van der Waals surface area contributed by atoms with Gasteiger partial charge in [0, 0.05) is 34.7 Å². The maximum absolute atomic E-state index is 10.8. The molecule has 0 aliphatic rings. The smallest absolute Gasteiger partial charge is 0.150 e. The van der Waals surface area contributed by atoms with Gasteiger partial charge in [-0.3, -0.25) is 4.79 Å². The topological polar surface area (TPSA) is 22.0 Å². The summed E-state index contributed by atoms with van der Waals surface area (Å²) in [7, 11) is 0. The fourth-order valence-electron chi connectivity index (χ4n) is 1.66. The van der Waals surface area contributed by atoms with Crippen molar-refractivity contribution in [3.05, 3.63) is 47.6 Å². The Labute approximate surface area is 92.8 Å². The van der Waals surface area contributed by atoms with Crippen LogP contribution in [-0.4, -0.2) is 10.9 Å². The SMILES string of the molecule is O=Cc1cccc2c1ccn2C/C=C/Cl. The molecule has 2 rings (SSSR count). The van der Waals surface area contributed by atoms with Gasteiger partial charge in [-0.25, -0.2) is 0 Å². The van der Waals surface area contributed by atoms with Crippen LogP contribution < -0.4 is 0 Å². The maximum Gasteiger partial charge on any atom is 0.150 e. The molecule has 1 aromatic carbocycles. The Morgan fingerprint density at radius 1 is 1.33 bits per heavy atom. The molecule has 0 bridgehead atoms. The van der Waals surface area contributed by atoms with E-state index >= 15 is 0 Å². The highest BCUT2D eigenvalue weighted by atomic mass is 35.5. The van der Waals surface area contributed by atoms with Crippen LogP contribution in [0.2, 0.25) is 0 Å². The molecule has 0 saturated carbocycles. The summed E-state index contributed by atoms with van der Waals surface area (Å²) in [5.41, 5.74) is 3.27. The Balaban J connectivity index is 2.55. The Bertz CT molecular complexity index is 513. The van der Waals surface area contributed by atoms with Crippen molar-refractivity contribution in [1.29, 1.82) is 0 Å². The first-order valence-electron chi connectivity index (χ1n) is 4.65. The number of fused-ring (bicyclic) bond motifs is 1. The van der Waals surface area contributed by atoms with Crippen molar-refractivity contribution < 1.29 is 4.79 Å². The quantitative estimate of drug-likeness (QED) is 0.727. The van der Waals surface area contributed by atoms with E-state index in [0.717, 1.165) is 29.3 Å². The van der Waals surface area contributed by atoms with Crippen molar-refractivity contribution in [3.63, 3.8) is 0 Å². The van der Waals surface area contributed by atoms with E-state index in [9.17, 15) is 4.79 Å². The molecule has 1 heterocycles. The van der Waals surface area contributed by atoms with Crippen LogP contribution in [0.5, 0.6) is 0 Å². The van der Waals surface area contributed by atoms with E-state index in [1.54, 1.807) is 0 Å². The van der Waals surface area contributed by atoms with Crippen LogP contribution in [0.25, 0.3) is 10.9 Å². The van der Waals surface area contributed by atoms with Crippen LogP contribution in [0.1, 0.15) is 10.4 Å². The molecular formula is C12H10ClNO. The number of hydrogen-bond acceptors (Lipinski definition) is 1. The van der Waals surface area contributed by atoms with Gasteiger partial charge in [0.05, 0.1) is 0 Å². The average molecular weight is 220 g/mol. The molecule has 0 fully saturated rings. The third-order valence-corrected chi connectivity index (χ3v) is 2.54. The molecule has 0 atom stereocenters. The van der Waals surface area contributed by atoms with Gasteiger partial charge in [-0.2, -0.15) is 0 Å². The molecule has 15 heavy (non-hydrogen) atoms. The molecule has 0 spiro atoms. The van der Waals surface area contributed by atoms with Crippen molar-refractivity contribution in [3.8, 4) is 0 Å². The zero-order valence-corrected chi connectivity index (χ0v) is 8.82. The Morgan fingerprint density at radius 2 is 2.20 bits per heavy atom. The van der Waals surface area contributed by atoms with E-state index in [0.29, 0.717) is 0 Å². The highest BCUT2D eigenvalue weighted by molar-refractivity contribution is 6.25. The van der Waals surface area contributed by atoms with Gasteiger partial charge in [0.1, 0.15) is 0 Å². The first-order valence-corrected chi connectivity index (χ1v) is 5.08. The number of rotatable bonds is 3. The number of aldehydes is 1. The van der Waals surface area contributed by atoms with Crippen LogP contribution in [-0.2, 0) is 6.54 Å². The third kappa shape index (κ3) is 1.81. The Morgan fingerprint density at radius 3 is 2.93 bits per heavy atom. The normalized spacial score (nSPS) is 11.3. The van der Waals surface area contributed by atoms with Gasteiger partial charge in [-0.05, 0) is 12.1 Å². The first-order chi connectivity index (χ1) is 7.36. The summed E-state index contributed by atoms with van der Waals surface area (Å²) >= 11 is 5.48. The highest BCUT2D eigenvalue weighted by Crippen LogP contribution is 2.19. The number of carbonyl (C=O) groups excluding carboxylic acids is 1. The lowest BCUT2D eigenvalue weighted by atomic mass is 10.1. The van der Waals surface area contributed by atoms with E-state index in [1.165, 1.54) is 5.54 Å². The number of halogens is 1. The molecule has 76 valence electrons. The number of hydrogen-bond donors (Lipinski definition) is 0. The molecule has 3 heteroatoms. The first kappa shape index (κ1) is 9.99. The minimum atomic E-state index is 0.718. The van der Waals surface area contributed by atoms with Gasteiger partial charge in [0.2, 0.25) is 0 Å². The molecule has 2 nitrogen and oxygen atoms in total. The van der Waals surface area contributed by atoms with Crippen molar-refractivity contribution in [2.45, 2.75) is 6.54 Å². The van der Waals surface area contributed by atoms with Crippen LogP contribution in [0, 0.1) is 0 Å². The minimum absolute atomic E-state index is 0.718. The maximum atomic E-state index is 10.8. The summed E-state index contributed by atoms with van der Waals surface area (Å²) in [5.74, 6) is 0. The molecule has 0 unspecified atom stereocenters. The summed E-state index contributed by atoms with van der Waals surface area (Å²) in [6.45, 7) is 0.718. The van der Waals surface area contributed by atoms with E-state index in [2.05, 4.69) is 0 Å². The predicted molar refractivity (Wildman–Crippen MR) is 62.3 cm³/mol. The number of nitrogens with zero attached hydrogens (tertiary/aromatic N) is 1. The number of aromatic nitrogens is 1. The Kier molecular flexibility index (Phi) is 2.88. The van der Waals surface area contributed by atoms with Crippen molar-refractivity contribution in [2.24, 2.45) is 0 Å². The van der Waals surface area contributed by atoms with Crippen LogP contribution >= 0.6 is 11.6 Å². The molecule has 1 aromatic heterocycles. The monoisotopic (exact) mass is 219 g/mol. The predicted octanol–water partition coefficient (Wildman–Crippen LogP) is 3.21. The summed E-state index contributed by atoms with van der Waals surface area (Å²) in [6.07, 6.45) is 4.69. The fourth-order valence-corrected chi connectivity index (χ4v) is 1.74. The van der Waals surface area contributed by atoms with Gasteiger partial charge in [0.15, 0.2) is 6.29 Å². The van der Waals surface area contributed by atoms with Crippen molar-refractivity contribution >= 4 is 28.8 Å². The van der Waals surface area contributed by atoms with E-state index in [-0.39, 0.29) is 0 Å². The minimum Gasteiger partial charge on any atom is -0.344 e.